The van der Waals surface area contributed by atoms with Gasteiger partial charge in [0.25, 0.3) is 5.91 Å². The number of amides is 1. The van der Waals surface area contributed by atoms with Crippen LogP contribution < -0.4 is 5.32 Å². The van der Waals surface area contributed by atoms with Crippen LogP contribution in [-0.2, 0) is 9.84 Å². The predicted molar refractivity (Wildman–Crippen MR) is 81.0 cm³/mol. The molecule has 1 fully saturated rings. The molecule has 2 N–H and O–H groups in total. The highest BCUT2D eigenvalue weighted by Gasteiger charge is 2.30. The molecule has 1 aromatic rings. The molecule has 21 heavy (non-hydrogen) atoms. The van der Waals surface area contributed by atoms with E-state index in [4.69, 9.17) is 0 Å². The second-order valence-corrected chi connectivity index (χ2v) is 8.48. The first-order valence-electron chi connectivity index (χ1n) is 7.32. The van der Waals surface area contributed by atoms with Gasteiger partial charge < -0.3 is 5.32 Å². The number of aromatic nitrogens is 2. The third kappa shape index (κ3) is 4.06. The monoisotopic (exact) mass is 313 g/mol. The first kappa shape index (κ1) is 16.0. The molecular weight excluding hydrogens is 290 g/mol. The number of rotatable bonds is 4. The van der Waals surface area contributed by atoms with Crippen LogP contribution in [0.2, 0.25) is 0 Å². The summed E-state index contributed by atoms with van der Waals surface area (Å²) in [5, 5.41) is 9.42. The van der Waals surface area contributed by atoms with E-state index in [1.165, 1.54) is 6.26 Å². The van der Waals surface area contributed by atoms with E-state index in [2.05, 4.69) is 15.5 Å². The van der Waals surface area contributed by atoms with Gasteiger partial charge in [-0.2, -0.15) is 5.10 Å². The van der Waals surface area contributed by atoms with Crippen molar-refractivity contribution in [3.63, 3.8) is 0 Å². The molecule has 0 unspecified atom stereocenters. The van der Waals surface area contributed by atoms with Gasteiger partial charge in [-0.25, -0.2) is 8.42 Å². The van der Waals surface area contributed by atoms with E-state index in [-0.39, 0.29) is 23.1 Å². The quantitative estimate of drug-likeness (QED) is 0.883. The zero-order valence-corrected chi connectivity index (χ0v) is 13.5. The number of nitrogens with one attached hydrogen (secondary N) is 2. The van der Waals surface area contributed by atoms with Gasteiger partial charge in [0, 0.05) is 18.0 Å². The summed E-state index contributed by atoms with van der Waals surface area (Å²) in [6.45, 7) is 4.04. The predicted octanol–water partition coefficient (Wildman–Crippen LogP) is 1.62. The number of sulfone groups is 1. The summed E-state index contributed by atoms with van der Waals surface area (Å²) in [5.74, 6) is 0.0423. The van der Waals surface area contributed by atoms with Crippen LogP contribution in [0.3, 0.4) is 0 Å². The third-order valence-corrected chi connectivity index (χ3v) is 5.66. The molecule has 1 amide bonds. The highest BCUT2D eigenvalue weighted by molar-refractivity contribution is 7.91. The van der Waals surface area contributed by atoms with Crippen LogP contribution in [0, 0.1) is 0 Å². The maximum atomic E-state index is 12.2. The fourth-order valence-corrected chi connectivity index (χ4v) is 3.85. The van der Waals surface area contributed by atoms with Gasteiger partial charge in [0.2, 0.25) is 0 Å². The number of nitrogens with zero attached hydrogens (tertiary/aromatic N) is 1. The van der Waals surface area contributed by atoms with Crippen LogP contribution in [0.5, 0.6) is 0 Å². The standard InChI is InChI=1S/C14H23N3O3S/c1-9(2)12-8-13(17-16-12)14(18)15-10-5-4-6-11(7-10)21(3,19)20/h8-11H,4-7H2,1-3H3,(H,15,18)(H,16,17)/t10-,11+/m1/s1. The zero-order valence-electron chi connectivity index (χ0n) is 12.7. The van der Waals surface area contributed by atoms with Crippen LogP contribution in [0.25, 0.3) is 0 Å². The molecule has 0 spiro atoms. The lowest BCUT2D eigenvalue weighted by Gasteiger charge is -2.28. The van der Waals surface area contributed by atoms with E-state index in [0.29, 0.717) is 18.5 Å². The first-order chi connectivity index (χ1) is 9.77. The Balaban J connectivity index is 1.98. The highest BCUT2D eigenvalue weighted by Crippen LogP contribution is 2.24. The normalized spacial score (nSPS) is 23.2. The number of carbonyl (C=O) groups excluding carboxylic acids is 1. The van der Waals surface area contributed by atoms with Crippen LogP contribution in [0.15, 0.2) is 6.07 Å². The topological polar surface area (TPSA) is 91.9 Å². The number of H-pyrrole nitrogens is 1. The lowest BCUT2D eigenvalue weighted by Crippen LogP contribution is -2.41. The van der Waals surface area contributed by atoms with Crippen molar-refractivity contribution in [2.24, 2.45) is 0 Å². The van der Waals surface area contributed by atoms with E-state index >= 15 is 0 Å². The fourth-order valence-electron chi connectivity index (χ4n) is 2.67. The Morgan fingerprint density at radius 2 is 2.14 bits per heavy atom. The van der Waals surface area contributed by atoms with E-state index < -0.39 is 9.84 Å². The van der Waals surface area contributed by atoms with E-state index in [1.807, 2.05) is 13.8 Å². The van der Waals surface area contributed by atoms with Gasteiger partial charge in [-0.3, -0.25) is 9.89 Å². The smallest absolute Gasteiger partial charge is 0.271 e. The minimum Gasteiger partial charge on any atom is -0.348 e. The molecule has 6 nitrogen and oxygen atoms in total. The molecule has 1 aliphatic carbocycles. The van der Waals surface area contributed by atoms with Gasteiger partial charge in [-0.15, -0.1) is 0 Å². The number of carbonyl (C=O) groups is 1. The first-order valence-corrected chi connectivity index (χ1v) is 9.28. The number of aromatic amines is 1. The Kier molecular flexibility index (Phi) is 4.70. The molecule has 1 aromatic heterocycles. The van der Waals surface area contributed by atoms with Crippen molar-refractivity contribution >= 4 is 15.7 Å². The van der Waals surface area contributed by atoms with Crippen LogP contribution in [-0.4, -0.2) is 42.1 Å². The highest BCUT2D eigenvalue weighted by atomic mass is 32.2. The molecule has 0 bridgehead atoms. The number of hydrogen-bond acceptors (Lipinski definition) is 4. The van der Waals surface area contributed by atoms with Crippen LogP contribution in [0.1, 0.15) is 61.6 Å². The maximum Gasteiger partial charge on any atom is 0.271 e. The number of hydrogen-bond donors (Lipinski definition) is 2. The molecule has 0 aromatic carbocycles. The van der Waals surface area contributed by atoms with Crippen molar-refractivity contribution in [3.05, 3.63) is 17.5 Å². The summed E-state index contributed by atoms with van der Waals surface area (Å²) in [6, 6.07) is 1.65. The molecule has 0 saturated heterocycles. The lowest BCUT2D eigenvalue weighted by atomic mass is 9.95. The molecule has 0 radical (unpaired) electrons. The van der Waals surface area contributed by atoms with Gasteiger partial charge in [0.1, 0.15) is 15.5 Å². The molecule has 1 aliphatic rings. The van der Waals surface area contributed by atoms with Gasteiger partial charge in [0.05, 0.1) is 5.25 Å². The van der Waals surface area contributed by atoms with Crippen LogP contribution in [0.4, 0.5) is 0 Å². The summed E-state index contributed by atoms with van der Waals surface area (Å²) in [6.07, 6.45) is 4.08. The molecule has 7 heteroatoms. The average molecular weight is 313 g/mol. The molecule has 2 atom stereocenters. The van der Waals surface area contributed by atoms with Crippen LogP contribution >= 0.6 is 0 Å². The summed E-state index contributed by atoms with van der Waals surface area (Å²) >= 11 is 0. The van der Waals surface area contributed by atoms with Crippen molar-refractivity contribution in [3.8, 4) is 0 Å². The Morgan fingerprint density at radius 1 is 1.43 bits per heavy atom. The second kappa shape index (κ2) is 6.17. The van der Waals surface area contributed by atoms with E-state index in [1.54, 1.807) is 6.07 Å². The van der Waals surface area contributed by atoms with E-state index in [0.717, 1.165) is 18.5 Å². The largest absolute Gasteiger partial charge is 0.348 e. The SMILES string of the molecule is CC(C)c1cc(C(=O)N[C@@H]2CCC[C@H](S(C)(=O)=O)C2)n[nH]1. The summed E-state index contributed by atoms with van der Waals surface area (Å²) in [7, 11) is -3.04. The maximum absolute atomic E-state index is 12.2. The lowest BCUT2D eigenvalue weighted by molar-refractivity contribution is 0.0923. The Bertz CT molecular complexity index is 607. The van der Waals surface area contributed by atoms with Gasteiger partial charge >= 0.3 is 0 Å². The zero-order chi connectivity index (χ0) is 15.6. The Morgan fingerprint density at radius 3 is 2.71 bits per heavy atom. The minimum atomic E-state index is -3.04. The minimum absolute atomic E-state index is 0.0924. The third-order valence-electron chi connectivity index (χ3n) is 4.02. The average Bonchev–Trinajstić information content (AvgIpc) is 2.88. The van der Waals surface area contributed by atoms with Crippen molar-refractivity contribution in [2.45, 2.75) is 56.7 Å². The molecule has 0 aliphatic heterocycles. The molecule has 1 saturated carbocycles. The molecular formula is C14H23N3O3S. The van der Waals surface area contributed by atoms with Gasteiger partial charge in [0.15, 0.2) is 0 Å². The molecule has 118 valence electrons. The Labute approximate surface area is 125 Å². The van der Waals surface area contributed by atoms with Gasteiger partial charge in [-0.1, -0.05) is 20.3 Å². The van der Waals surface area contributed by atoms with E-state index in [9.17, 15) is 13.2 Å². The van der Waals surface area contributed by atoms with Crippen molar-refractivity contribution < 1.29 is 13.2 Å². The summed E-state index contributed by atoms with van der Waals surface area (Å²) in [5.41, 5.74) is 1.28. The van der Waals surface area contributed by atoms with Crippen molar-refractivity contribution in [1.29, 1.82) is 0 Å². The second-order valence-electron chi connectivity index (χ2n) is 6.15. The summed E-state index contributed by atoms with van der Waals surface area (Å²) in [4.78, 5) is 12.2. The summed E-state index contributed by atoms with van der Waals surface area (Å²) < 4.78 is 23.3. The van der Waals surface area contributed by atoms with Crippen molar-refractivity contribution in [2.75, 3.05) is 6.26 Å². The Hall–Kier alpha value is -1.37. The fraction of sp³-hybridized carbons (Fsp3) is 0.714. The molecule has 2 rings (SSSR count). The molecule has 1 heterocycles. The van der Waals surface area contributed by atoms with Crippen molar-refractivity contribution in [1.82, 2.24) is 15.5 Å². The van der Waals surface area contributed by atoms with Gasteiger partial charge in [-0.05, 0) is 31.2 Å².